The molecule has 0 bridgehead atoms. The molecule has 0 spiro atoms. The highest BCUT2D eigenvalue weighted by Crippen LogP contribution is 2.25. The van der Waals surface area contributed by atoms with Gasteiger partial charge < -0.3 is 10.5 Å². The fourth-order valence-electron chi connectivity index (χ4n) is 2.12. The van der Waals surface area contributed by atoms with Crippen LogP contribution < -0.4 is 11.1 Å². The van der Waals surface area contributed by atoms with E-state index in [1.54, 1.807) is 0 Å². The van der Waals surface area contributed by atoms with Crippen LogP contribution in [0.2, 0.25) is 0 Å². The highest BCUT2D eigenvalue weighted by atomic mass is 16.5. The van der Waals surface area contributed by atoms with Crippen molar-refractivity contribution in [3.05, 3.63) is 35.9 Å². The van der Waals surface area contributed by atoms with Gasteiger partial charge in [-0.1, -0.05) is 37.3 Å². The molecule has 0 fully saturated rings. The summed E-state index contributed by atoms with van der Waals surface area (Å²) in [4.78, 5) is 12.0. The van der Waals surface area contributed by atoms with Crippen molar-refractivity contribution in [1.29, 1.82) is 0 Å². The summed E-state index contributed by atoms with van der Waals surface area (Å²) in [7, 11) is 0. The van der Waals surface area contributed by atoms with Gasteiger partial charge in [0.25, 0.3) is 0 Å². The zero-order chi connectivity index (χ0) is 14.1. The molecule has 106 valence electrons. The average molecular weight is 264 g/mol. The maximum atomic E-state index is 12.0. The van der Waals surface area contributed by atoms with Crippen LogP contribution >= 0.6 is 0 Å². The summed E-state index contributed by atoms with van der Waals surface area (Å²) in [5, 5.41) is 3.30. The van der Waals surface area contributed by atoms with Crippen LogP contribution in [0.3, 0.4) is 0 Å². The van der Waals surface area contributed by atoms with Gasteiger partial charge in [0.1, 0.15) is 5.54 Å². The third-order valence-corrected chi connectivity index (χ3v) is 3.19. The zero-order valence-corrected chi connectivity index (χ0v) is 11.8. The monoisotopic (exact) mass is 264 g/mol. The number of carbonyl (C=O) groups excluding carboxylic acids is 1. The molecule has 1 rings (SSSR count). The lowest BCUT2D eigenvalue weighted by Crippen LogP contribution is -2.53. The molecule has 1 atom stereocenters. The minimum Gasteiger partial charge on any atom is -0.382 e. The number of primary amides is 1. The minimum absolute atomic E-state index is 0.355. The second-order valence-electron chi connectivity index (χ2n) is 4.51. The Morgan fingerprint density at radius 3 is 2.53 bits per heavy atom. The van der Waals surface area contributed by atoms with Crippen LogP contribution in [0.1, 0.15) is 32.3 Å². The summed E-state index contributed by atoms with van der Waals surface area (Å²) in [5.74, 6) is -0.355. The maximum Gasteiger partial charge on any atom is 0.242 e. The van der Waals surface area contributed by atoms with Crippen molar-refractivity contribution < 1.29 is 9.53 Å². The SMILES string of the molecule is CCCNC(CCOCC)(C(N)=O)c1ccccc1. The van der Waals surface area contributed by atoms with E-state index < -0.39 is 5.54 Å². The van der Waals surface area contributed by atoms with E-state index in [1.165, 1.54) is 0 Å². The van der Waals surface area contributed by atoms with Crippen molar-refractivity contribution in [1.82, 2.24) is 5.32 Å². The van der Waals surface area contributed by atoms with Crippen molar-refractivity contribution in [2.24, 2.45) is 5.73 Å². The van der Waals surface area contributed by atoms with Crippen LogP contribution in [0.4, 0.5) is 0 Å². The first-order chi connectivity index (χ1) is 9.17. The van der Waals surface area contributed by atoms with Crippen LogP contribution in [0.25, 0.3) is 0 Å². The molecule has 19 heavy (non-hydrogen) atoms. The first-order valence-electron chi connectivity index (χ1n) is 6.85. The van der Waals surface area contributed by atoms with Gasteiger partial charge in [-0.05, 0) is 25.5 Å². The molecule has 0 aliphatic carbocycles. The summed E-state index contributed by atoms with van der Waals surface area (Å²) >= 11 is 0. The largest absolute Gasteiger partial charge is 0.382 e. The number of ether oxygens (including phenoxy) is 1. The van der Waals surface area contributed by atoms with Crippen LogP contribution in [0.5, 0.6) is 0 Å². The molecule has 3 N–H and O–H groups in total. The third-order valence-electron chi connectivity index (χ3n) is 3.19. The summed E-state index contributed by atoms with van der Waals surface area (Å²) in [6.07, 6.45) is 1.48. The first kappa shape index (κ1) is 15.7. The molecule has 4 nitrogen and oxygen atoms in total. The van der Waals surface area contributed by atoms with E-state index >= 15 is 0 Å². The maximum absolute atomic E-state index is 12.0. The quantitative estimate of drug-likeness (QED) is 0.668. The van der Waals surface area contributed by atoms with Gasteiger partial charge >= 0.3 is 0 Å². The molecule has 0 saturated carbocycles. The molecule has 0 aliphatic rings. The zero-order valence-electron chi connectivity index (χ0n) is 11.8. The van der Waals surface area contributed by atoms with E-state index in [2.05, 4.69) is 12.2 Å². The summed E-state index contributed by atoms with van der Waals surface area (Å²) < 4.78 is 5.39. The van der Waals surface area contributed by atoms with Crippen molar-refractivity contribution in [2.75, 3.05) is 19.8 Å². The Morgan fingerprint density at radius 1 is 1.32 bits per heavy atom. The first-order valence-corrected chi connectivity index (χ1v) is 6.85. The Morgan fingerprint density at radius 2 is 2.00 bits per heavy atom. The summed E-state index contributed by atoms with van der Waals surface area (Å²) in [6.45, 7) is 5.88. The number of carbonyl (C=O) groups is 1. The van der Waals surface area contributed by atoms with Crippen LogP contribution in [0, 0.1) is 0 Å². The van der Waals surface area contributed by atoms with Crippen molar-refractivity contribution >= 4 is 5.91 Å². The minimum atomic E-state index is -0.841. The highest BCUT2D eigenvalue weighted by Gasteiger charge is 2.37. The second kappa shape index (κ2) is 7.92. The van der Waals surface area contributed by atoms with Gasteiger partial charge in [-0.3, -0.25) is 10.1 Å². The van der Waals surface area contributed by atoms with Gasteiger partial charge in [0.15, 0.2) is 0 Å². The normalized spacial score (nSPS) is 14.0. The topological polar surface area (TPSA) is 64.3 Å². The standard InChI is InChI=1S/C15H24N2O2/c1-3-11-17-15(14(16)18,10-12-19-4-2)13-8-6-5-7-9-13/h5-9,17H,3-4,10-12H2,1-2H3,(H2,16,18). The number of nitrogens with one attached hydrogen (secondary N) is 1. The number of amides is 1. The number of benzene rings is 1. The van der Waals surface area contributed by atoms with E-state index in [-0.39, 0.29) is 5.91 Å². The molecule has 0 aliphatic heterocycles. The lowest BCUT2D eigenvalue weighted by Gasteiger charge is -2.32. The summed E-state index contributed by atoms with van der Waals surface area (Å²) in [5.41, 5.74) is 5.73. The van der Waals surface area contributed by atoms with Gasteiger partial charge in [-0.15, -0.1) is 0 Å². The Balaban J connectivity index is 3.00. The fourth-order valence-corrected chi connectivity index (χ4v) is 2.12. The Hall–Kier alpha value is -1.39. The predicted molar refractivity (Wildman–Crippen MR) is 76.7 cm³/mol. The molecule has 0 heterocycles. The van der Waals surface area contributed by atoms with Gasteiger partial charge in [0.05, 0.1) is 0 Å². The molecule has 1 unspecified atom stereocenters. The van der Waals surface area contributed by atoms with Gasteiger partial charge in [0, 0.05) is 19.6 Å². The highest BCUT2D eigenvalue weighted by molar-refractivity contribution is 5.86. The van der Waals surface area contributed by atoms with Crippen LogP contribution in [0.15, 0.2) is 30.3 Å². The molecular weight excluding hydrogens is 240 g/mol. The second-order valence-corrected chi connectivity index (χ2v) is 4.51. The summed E-state index contributed by atoms with van der Waals surface area (Å²) in [6, 6.07) is 9.62. The predicted octanol–water partition coefficient (Wildman–Crippen LogP) is 1.79. The number of hydrogen-bond acceptors (Lipinski definition) is 3. The van der Waals surface area contributed by atoms with Crippen LogP contribution in [-0.2, 0) is 15.1 Å². The van der Waals surface area contributed by atoms with E-state index in [0.717, 1.165) is 18.5 Å². The lowest BCUT2D eigenvalue weighted by molar-refractivity contribution is -0.125. The van der Waals surface area contributed by atoms with E-state index in [1.807, 2.05) is 37.3 Å². The fraction of sp³-hybridized carbons (Fsp3) is 0.533. The third kappa shape index (κ3) is 4.04. The van der Waals surface area contributed by atoms with Crippen LogP contribution in [-0.4, -0.2) is 25.7 Å². The molecule has 1 aromatic rings. The molecule has 0 radical (unpaired) electrons. The Bertz CT molecular complexity index is 381. The molecular formula is C15H24N2O2. The Labute approximate surface area is 115 Å². The Kier molecular flexibility index (Phi) is 6.53. The van der Waals surface area contributed by atoms with Gasteiger partial charge in [0.2, 0.25) is 5.91 Å². The molecule has 1 amide bonds. The molecule has 0 saturated heterocycles. The number of nitrogens with two attached hydrogens (primary N) is 1. The van der Waals surface area contributed by atoms with Crippen molar-refractivity contribution in [3.8, 4) is 0 Å². The number of rotatable bonds is 9. The van der Waals surface area contributed by atoms with Gasteiger partial charge in [-0.25, -0.2) is 0 Å². The van der Waals surface area contributed by atoms with Gasteiger partial charge in [-0.2, -0.15) is 0 Å². The van der Waals surface area contributed by atoms with Crippen molar-refractivity contribution in [2.45, 2.75) is 32.2 Å². The van der Waals surface area contributed by atoms with E-state index in [9.17, 15) is 4.79 Å². The average Bonchev–Trinajstić information content (AvgIpc) is 2.43. The van der Waals surface area contributed by atoms with E-state index in [4.69, 9.17) is 10.5 Å². The van der Waals surface area contributed by atoms with E-state index in [0.29, 0.717) is 19.6 Å². The van der Waals surface area contributed by atoms with Crippen molar-refractivity contribution in [3.63, 3.8) is 0 Å². The smallest absolute Gasteiger partial charge is 0.242 e. The molecule has 0 aromatic heterocycles. The molecule has 4 heteroatoms. The number of hydrogen-bond donors (Lipinski definition) is 2. The molecule has 1 aromatic carbocycles. The lowest BCUT2D eigenvalue weighted by atomic mass is 9.85.